The number of rotatable bonds is 6. The zero-order valence-corrected chi connectivity index (χ0v) is 11.3. The Morgan fingerprint density at radius 2 is 1.06 bits per heavy atom. The molecule has 0 aliphatic heterocycles. The lowest BCUT2D eigenvalue weighted by molar-refractivity contribution is 0.119. The van der Waals surface area contributed by atoms with E-state index in [0.717, 1.165) is 0 Å². The summed E-state index contributed by atoms with van der Waals surface area (Å²) >= 11 is 16.3. The van der Waals surface area contributed by atoms with E-state index < -0.39 is 24.5 Å². The summed E-state index contributed by atoms with van der Waals surface area (Å²) in [7, 11) is -4.26. The highest BCUT2D eigenvalue weighted by atomic mass is 35.5. The van der Waals surface area contributed by atoms with Crippen LogP contribution in [0.4, 0.5) is 0 Å². The van der Waals surface area contributed by atoms with Crippen LogP contribution in [0.15, 0.2) is 0 Å². The number of terminal acetylenes is 3. The molecule has 92 valence electrons. The summed E-state index contributed by atoms with van der Waals surface area (Å²) in [6.45, 7) is 0. The number of alkyl halides is 3. The Kier molecular flexibility index (Phi) is 7.73. The van der Waals surface area contributed by atoms with E-state index in [1.165, 1.54) is 0 Å². The lowest BCUT2D eigenvalue weighted by Crippen LogP contribution is -2.12. The predicted molar refractivity (Wildman–Crippen MR) is 66.3 cm³/mol. The average Bonchev–Trinajstić information content (AvgIpc) is 2.27. The molecule has 3 unspecified atom stereocenters. The van der Waals surface area contributed by atoms with Crippen LogP contribution in [0.5, 0.6) is 0 Å². The molecule has 0 aromatic rings. The Balaban J connectivity index is 4.84. The van der Waals surface area contributed by atoms with Crippen molar-refractivity contribution in [2.24, 2.45) is 0 Å². The first-order valence-corrected chi connectivity index (χ1v) is 6.59. The zero-order chi connectivity index (χ0) is 13.5. The van der Waals surface area contributed by atoms with Gasteiger partial charge in [-0.2, -0.15) is 0 Å². The molecule has 0 bridgehead atoms. The molecule has 0 heterocycles. The van der Waals surface area contributed by atoms with Crippen molar-refractivity contribution in [1.29, 1.82) is 0 Å². The molecule has 0 fully saturated rings. The normalized spacial score (nSPS) is 18.8. The van der Waals surface area contributed by atoms with Crippen LogP contribution in [0.1, 0.15) is 0 Å². The highest BCUT2D eigenvalue weighted by Gasteiger charge is 2.34. The summed E-state index contributed by atoms with van der Waals surface area (Å²) < 4.78 is 25.8. The van der Waals surface area contributed by atoms with Crippen LogP contribution >= 0.6 is 42.6 Å². The average molecular weight is 315 g/mol. The van der Waals surface area contributed by atoms with Gasteiger partial charge < -0.3 is 0 Å². The van der Waals surface area contributed by atoms with Gasteiger partial charge in [-0.1, -0.05) is 52.6 Å². The Morgan fingerprint density at radius 3 is 1.24 bits per heavy atom. The zero-order valence-electron chi connectivity index (χ0n) is 8.18. The predicted octanol–water partition coefficient (Wildman–Crippen LogP) is 2.74. The van der Waals surface area contributed by atoms with Crippen molar-refractivity contribution in [1.82, 2.24) is 0 Å². The van der Waals surface area contributed by atoms with Gasteiger partial charge in [0.25, 0.3) is 0 Å². The first-order chi connectivity index (χ1) is 7.86. The fraction of sp³-hybridized carbons (Fsp3) is 0.333. The molecule has 0 aliphatic carbocycles. The van der Waals surface area contributed by atoms with Crippen LogP contribution in [0.3, 0.4) is 0 Å². The van der Waals surface area contributed by atoms with Crippen LogP contribution < -0.4 is 0 Å². The highest BCUT2D eigenvalue weighted by Crippen LogP contribution is 2.53. The van der Waals surface area contributed by atoms with Crippen LogP contribution in [0, 0.1) is 37.0 Å². The second-order valence-electron chi connectivity index (χ2n) is 2.21. The maximum atomic E-state index is 11.9. The van der Waals surface area contributed by atoms with Crippen molar-refractivity contribution < 1.29 is 18.1 Å². The molecule has 8 heteroatoms. The van der Waals surface area contributed by atoms with E-state index in [-0.39, 0.29) is 0 Å². The van der Waals surface area contributed by atoms with E-state index in [4.69, 9.17) is 54.1 Å². The second kappa shape index (κ2) is 7.88. The maximum absolute atomic E-state index is 11.9. The lowest BCUT2D eigenvalue weighted by atomic mass is 10.8. The Labute approximate surface area is 114 Å². The smallest absolute Gasteiger partial charge is 0.255 e. The fourth-order valence-corrected chi connectivity index (χ4v) is 2.40. The van der Waals surface area contributed by atoms with Crippen molar-refractivity contribution in [3.8, 4) is 37.0 Å². The largest absolute Gasteiger partial charge is 0.481 e. The van der Waals surface area contributed by atoms with Gasteiger partial charge in [-0.15, -0.1) is 19.3 Å². The molecule has 0 spiro atoms. The van der Waals surface area contributed by atoms with Crippen LogP contribution in [0.25, 0.3) is 0 Å². The van der Waals surface area contributed by atoms with Crippen molar-refractivity contribution >= 4 is 42.6 Å². The van der Waals surface area contributed by atoms with Crippen molar-refractivity contribution in [3.05, 3.63) is 0 Å². The fourth-order valence-electron chi connectivity index (χ4n) is 0.506. The molecular weight excluding hydrogens is 309 g/mol. The minimum absolute atomic E-state index is 1.39. The highest BCUT2D eigenvalue weighted by molar-refractivity contribution is 7.48. The quantitative estimate of drug-likeness (QED) is 0.429. The SMILES string of the molecule is C#CC(Cl)OP(=O)(OC(Cl)C#C)OC(Cl)C#C. The van der Waals surface area contributed by atoms with E-state index in [2.05, 4.69) is 13.6 Å². The molecular formula is C9H6Cl3O4P. The molecule has 0 amide bonds. The molecule has 0 N–H and O–H groups in total. The topological polar surface area (TPSA) is 44.8 Å². The van der Waals surface area contributed by atoms with Gasteiger partial charge in [-0.05, 0) is 0 Å². The number of hydrogen-bond donors (Lipinski definition) is 0. The number of phosphoric acid groups is 1. The monoisotopic (exact) mass is 314 g/mol. The summed E-state index contributed by atoms with van der Waals surface area (Å²) in [6.07, 6.45) is 14.8. The number of halogens is 3. The van der Waals surface area contributed by atoms with Crippen molar-refractivity contribution in [3.63, 3.8) is 0 Å². The maximum Gasteiger partial charge on any atom is 0.481 e. The van der Waals surface area contributed by atoms with E-state index in [1.54, 1.807) is 0 Å². The third-order valence-electron chi connectivity index (χ3n) is 1.06. The summed E-state index contributed by atoms with van der Waals surface area (Å²) in [5, 5.41) is 0. The molecule has 3 atom stereocenters. The number of phosphoric ester groups is 1. The molecule has 0 aromatic heterocycles. The molecule has 0 saturated heterocycles. The molecule has 17 heavy (non-hydrogen) atoms. The molecule has 0 radical (unpaired) electrons. The first kappa shape index (κ1) is 16.7. The summed E-state index contributed by atoms with van der Waals surface area (Å²) in [6, 6.07) is 0. The first-order valence-electron chi connectivity index (χ1n) is 3.82. The molecule has 4 nitrogen and oxygen atoms in total. The minimum atomic E-state index is -4.26. The molecule has 0 saturated carbocycles. The molecule has 0 rings (SSSR count). The number of hydrogen-bond acceptors (Lipinski definition) is 4. The summed E-state index contributed by atoms with van der Waals surface area (Å²) in [5.41, 5.74) is -4.16. The van der Waals surface area contributed by atoms with E-state index >= 15 is 0 Å². The Hall–Kier alpha value is -0.340. The molecule has 0 aromatic carbocycles. The van der Waals surface area contributed by atoms with Gasteiger partial charge in [0, 0.05) is 0 Å². The van der Waals surface area contributed by atoms with Crippen LogP contribution in [0.2, 0.25) is 0 Å². The van der Waals surface area contributed by atoms with Gasteiger partial charge in [0.15, 0.2) is 0 Å². The van der Waals surface area contributed by atoms with Gasteiger partial charge in [-0.3, -0.25) is 13.6 Å². The summed E-state index contributed by atoms with van der Waals surface area (Å²) in [5.74, 6) is 5.77. The van der Waals surface area contributed by atoms with Crippen LogP contribution in [-0.4, -0.2) is 16.7 Å². The third-order valence-corrected chi connectivity index (χ3v) is 3.48. The standard InChI is InChI=1S/C9H6Cl3O4P/c1-4-7(10)14-17(13,15-8(11)5-2)16-9(12)6-3/h1-3,7-9H. The van der Waals surface area contributed by atoms with Gasteiger partial charge >= 0.3 is 7.82 Å². The van der Waals surface area contributed by atoms with Gasteiger partial charge in [0.05, 0.1) is 0 Å². The van der Waals surface area contributed by atoms with Gasteiger partial charge in [0.2, 0.25) is 16.7 Å². The lowest BCUT2D eigenvalue weighted by Gasteiger charge is -2.19. The van der Waals surface area contributed by atoms with Crippen molar-refractivity contribution in [2.75, 3.05) is 0 Å². The van der Waals surface area contributed by atoms with Crippen LogP contribution in [-0.2, 0) is 18.1 Å². The second-order valence-corrected chi connectivity index (χ2v) is 4.93. The Morgan fingerprint density at radius 1 is 0.824 bits per heavy atom. The minimum Gasteiger partial charge on any atom is -0.255 e. The van der Waals surface area contributed by atoms with E-state index in [1.807, 2.05) is 17.8 Å². The van der Waals surface area contributed by atoms with Crippen molar-refractivity contribution in [2.45, 2.75) is 16.7 Å². The van der Waals surface area contributed by atoms with Gasteiger partial charge in [0.1, 0.15) is 0 Å². The molecule has 0 aliphatic rings. The summed E-state index contributed by atoms with van der Waals surface area (Å²) in [4.78, 5) is 0. The Bertz CT molecular complexity index is 358. The van der Waals surface area contributed by atoms with E-state index in [0.29, 0.717) is 0 Å². The van der Waals surface area contributed by atoms with Gasteiger partial charge in [-0.25, -0.2) is 4.57 Å². The van der Waals surface area contributed by atoms with E-state index in [9.17, 15) is 4.57 Å². The third kappa shape index (κ3) is 6.85.